The molecule has 0 saturated heterocycles. The predicted molar refractivity (Wildman–Crippen MR) is 132 cm³/mol. The molecule has 0 heterocycles. The van der Waals surface area contributed by atoms with Crippen molar-refractivity contribution in [2.24, 2.45) is 0 Å². The molecule has 3 aromatic carbocycles. The molecule has 6 nitrogen and oxygen atoms in total. The molecule has 0 radical (unpaired) electrons. The first-order chi connectivity index (χ1) is 15.3. The summed E-state index contributed by atoms with van der Waals surface area (Å²) in [5.41, 5.74) is 9.58. The van der Waals surface area contributed by atoms with Crippen LogP contribution in [0.25, 0.3) is 0 Å². The highest BCUT2D eigenvalue weighted by Crippen LogP contribution is 2.32. The first kappa shape index (κ1) is 23.5. The second kappa shape index (κ2) is 10.5. The Kier molecular flexibility index (Phi) is 7.69. The molecule has 4 N–H and O–H groups in total. The lowest BCUT2D eigenvalue weighted by Gasteiger charge is -2.17. The average Bonchev–Trinajstić information content (AvgIpc) is 2.79. The summed E-state index contributed by atoms with van der Waals surface area (Å²) in [6.45, 7) is 0. The van der Waals surface area contributed by atoms with Gasteiger partial charge in [0.1, 0.15) is 0 Å². The van der Waals surface area contributed by atoms with Gasteiger partial charge in [0.25, 0.3) is 0 Å². The molecular formula is C23H19Cl2N3O3S. The molecule has 9 heteroatoms. The van der Waals surface area contributed by atoms with Crippen LogP contribution in [-0.4, -0.2) is 24.1 Å². The lowest BCUT2D eigenvalue weighted by molar-refractivity contribution is 0.103. The second-order valence-electron chi connectivity index (χ2n) is 6.74. The van der Waals surface area contributed by atoms with Crippen molar-refractivity contribution in [3.63, 3.8) is 0 Å². The number of alkyl carbamates (subject to hydrolysis) is 1. The molecule has 0 aliphatic carbocycles. The molecule has 0 unspecified atom stereocenters. The van der Waals surface area contributed by atoms with Crippen LogP contribution in [0.1, 0.15) is 27.0 Å². The van der Waals surface area contributed by atoms with E-state index in [2.05, 4.69) is 15.4 Å². The summed E-state index contributed by atoms with van der Waals surface area (Å²) in [5.74, 6) is -0.172. The zero-order valence-electron chi connectivity index (χ0n) is 16.9. The highest BCUT2D eigenvalue weighted by molar-refractivity contribution is 7.80. The molecule has 0 bridgehead atoms. The standard InChI is InChI=1S/C23H19Cl2N3O3S/c1-31-23(30)28-22(32)27-19-10-8-15(21(29)14-5-3-2-4-6-14)16(20(19)26)11-13-7-9-17(24)18(25)12-13/h2-10,12H,11,26H2,1H3,(H2,27,28,30,32). The third kappa shape index (κ3) is 5.56. The maximum absolute atomic E-state index is 13.2. The molecular weight excluding hydrogens is 469 g/mol. The Bertz CT molecular complexity index is 1190. The number of halogens is 2. The number of nitrogens with one attached hydrogen (secondary N) is 2. The number of hydrogen-bond acceptors (Lipinski definition) is 5. The highest BCUT2D eigenvalue weighted by atomic mass is 35.5. The molecule has 0 aliphatic rings. The molecule has 1 amide bonds. The van der Waals surface area contributed by atoms with E-state index in [0.717, 1.165) is 5.56 Å². The van der Waals surface area contributed by atoms with Crippen molar-refractivity contribution < 1.29 is 14.3 Å². The van der Waals surface area contributed by atoms with Gasteiger partial charge in [0.2, 0.25) is 0 Å². The number of methoxy groups -OCH3 is 1. The molecule has 164 valence electrons. The van der Waals surface area contributed by atoms with Crippen LogP contribution >= 0.6 is 35.4 Å². The van der Waals surface area contributed by atoms with Crippen molar-refractivity contribution >= 4 is 63.8 Å². The van der Waals surface area contributed by atoms with Gasteiger partial charge in [-0.3, -0.25) is 10.1 Å². The average molecular weight is 488 g/mol. The molecule has 0 aliphatic heterocycles. The molecule has 32 heavy (non-hydrogen) atoms. The second-order valence-corrected chi connectivity index (χ2v) is 7.97. The lowest BCUT2D eigenvalue weighted by Crippen LogP contribution is -2.34. The van der Waals surface area contributed by atoms with Crippen molar-refractivity contribution in [3.05, 3.63) is 93.0 Å². The summed E-state index contributed by atoms with van der Waals surface area (Å²) in [6, 6.07) is 17.4. The normalized spacial score (nSPS) is 10.3. The summed E-state index contributed by atoms with van der Waals surface area (Å²) in [7, 11) is 1.23. The highest BCUT2D eigenvalue weighted by Gasteiger charge is 2.19. The number of thiocarbonyl (C=S) groups is 1. The quantitative estimate of drug-likeness (QED) is 0.251. The number of ketones is 1. The van der Waals surface area contributed by atoms with Crippen LogP contribution < -0.4 is 16.4 Å². The van der Waals surface area contributed by atoms with Gasteiger partial charge in [-0.25, -0.2) is 4.79 Å². The third-order valence-electron chi connectivity index (χ3n) is 4.65. The summed E-state index contributed by atoms with van der Waals surface area (Å²) >= 11 is 17.3. The fourth-order valence-corrected chi connectivity index (χ4v) is 3.59. The van der Waals surface area contributed by atoms with Gasteiger partial charge in [-0.05, 0) is 47.6 Å². The maximum Gasteiger partial charge on any atom is 0.413 e. The number of nitrogens with two attached hydrogens (primary N) is 1. The van der Waals surface area contributed by atoms with Crippen LogP contribution in [-0.2, 0) is 11.2 Å². The van der Waals surface area contributed by atoms with Crippen molar-refractivity contribution in [1.29, 1.82) is 0 Å². The molecule has 3 rings (SSSR count). The number of carbonyl (C=O) groups is 2. The zero-order valence-corrected chi connectivity index (χ0v) is 19.3. The van der Waals surface area contributed by atoms with E-state index in [9.17, 15) is 9.59 Å². The van der Waals surface area contributed by atoms with E-state index < -0.39 is 6.09 Å². The largest absolute Gasteiger partial charge is 0.453 e. The van der Waals surface area contributed by atoms with Crippen molar-refractivity contribution in [2.75, 3.05) is 18.2 Å². The van der Waals surface area contributed by atoms with Gasteiger partial charge in [0.05, 0.1) is 28.5 Å². The molecule has 0 spiro atoms. The van der Waals surface area contributed by atoms with Crippen molar-refractivity contribution in [3.8, 4) is 0 Å². The number of amides is 1. The summed E-state index contributed by atoms with van der Waals surface area (Å²) in [4.78, 5) is 24.6. The van der Waals surface area contributed by atoms with Gasteiger partial charge in [0.15, 0.2) is 10.9 Å². The zero-order chi connectivity index (χ0) is 23.3. The topological polar surface area (TPSA) is 93.5 Å². The number of anilines is 2. The van der Waals surface area contributed by atoms with E-state index in [1.807, 2.05) is 12.1 Å². The fourth-order valence-electron chi connectivity index (χ4n) is 3.07. The van der Waals surface area contributed by atoms with Gasteiger partial charge in [-0.1, -0.05) is 59.6 Å². The Hall–Kier alpha value is -3.13. The monoisotopic (exact) mass is 487 g/mol. The van der Waals surface area contributed by atoms with Gasteiger partial charge in [0, 0.05) is 17.5 Å². The molecule has 0 fully saturated rings. The fraction of sp³-hybridized carbons (Fsp3) is 0.0870. The minimum Gasteiger partial charge on any atom is -0.453 e. The minimum atomic E-state index is -0.715. The lowest BCUT2D eigenvalue weighted by atomic mass is 9.92. The Morgan fingerprint density at radius 1 is 1.03 bits per heavy atom. The van der Waals surface area contributed by atoms with Crippen LogP contribution in [0.4, 0.5) is 16.2 Å². The number of rotatable bonds is 5. The molecule has 3 aromatic rings. The Balaban J connectivity index is 2.03. The van der Waals surface area contributed by atoms with Gasteiger partial charge >= 0.3 is 6.09 Å². The molecule has 0 aromatic heterocycles. The first-order valence-electron chi connectivity index (χ1n) is 9.41. The number of nitrogen functional groups attached to an aromatic ring is 1. The minimum absolute atomic E-state index is 0.00572. The number of ether oxygens (including phenoxy) is 1. The number of benzene rings is 3. The van der Waals surface area contributed by atoms with E-state index >= 15 is 0 Å². The third-order valence-corrected chi connectivity index (χ3v) is 5.59. The van der Waals surface area contributed by atoms with E-state index in [4.69, 9.17) is 41.2 Å². The van der Waals surface area contributed by atoms with Crippen LogP contribution in [0.5, 0.6) is 0 Å². The van der Waals surface area contributed by atoms with Crippen LogP contribution in [0.3, 0.4) is 0 Å². The molecule has 0 atom stereocenters. The number of hydrogen-bond donors (Lipinski definition) is 3. The SMILES string of the molecule is COC(=O)NC(=S)Nc1ccc(C(=O)c2ccccc2)c(Cc2ccc(Cl)c(Cl)c2)c1N. The Labute approximate surface area is 200 Å². The van der Waals surface area contributed by atoms with Crippen LogP contribution in [0.2, 0.25) is 10.0 Å². The van der Waals surface area contributed by atoms with E-state index in [1.165, 1.54) is 7.11 Å². The molecule has 0 saturated carbocycles. The number of carbonyl (C=O) groups excluding carboxylic acids is 2. The van der Waals surface area contributed by atoms with E-state index in [0.29, 0.717) is 44.5 Å². The van der Waals surface area contributed by atoms with Gasteiger partial charge < -0.3 is 15.8 Å². The van der Waals surface area contributed by atoms with E-state index in [1.54, 1.807) is 48.5 Å². The smallest absolute Gasteiger partial charge is 0.413 e. The maximum atomic E-state index is 13.2. The Morgan fingerprint density at radius 2 is 1.75 bits per heavy atom. The van der Waals surface area contributed by atoms with Crippen molar-refractivity contribution in [2.45, 2.75) is 6.42 Å². The van der Waals surface area contributed by atoms with E-state index in [-0.39, 0.29) is 10.9 Å². The van der Waals surface area contributed by atoms with Gasteiger partial charge in [-0.15, -0.1) is 0 Å². The van der Waals surface area contributed by atoms with Crippen LogP contribution in [0, 0.1) is 0 Å². The van der Waals surface area contributed by atoms with Crippen LogP contribution in [0.15, 0.2) is 60.7 Å². The van der Waals surface area contributed by atoms with Gasteiger partial charge in [-0.2, -0.15) is 0 Å². The van der Waals surface area contributed by atoms with Crippen molar-refractivity contribution in [1.82, 2.24) is 5.32 Å². The summed E-state index contributed by atoms with van der Waals surface area (Å²) in [5, 5.41) is 6.05. The Morgan fingerprint density at radius 3 is 2.41 bits per heavy atom. The predicted octanol–water partition coefficient (Wildman–Crippen LogP) is 5.45. The summed E-state index contributed by atoms with van der Waals surface area (Å²) in [6.07, 6.45) is -0.392. The first-order valence-corrected chi connectivity index (χ1v) is 10.6. The summed E-state index contributed by atoms with van der Waals surface area (Å²) < 4.78 is 4.54.